The van der Waals surface area contributed by atoms with Gasteiger partial charge in [0.1, 0.15) is 5.75 Å². The number of carboxylic acids is 2. The van der Waals surface area contributed by atoms with Crippen LogP contribution in [0.1, 0.15) is 24.8 Å². The molecule has 2 N–H and O–H groups in total. The molecule has 3 heterocycles. The van der Waals surface area contributed by atoms with E-state index in [1.54, 1.807) is 7.11 Å². The Bertz CT molecular complexity index is 1050. The molecular weight excluding hydrogens is 538 g/mol. The van der Waals surface area contributed by atoms with Crippen molar-refractivity contribution in [2.45, 2.75) is 38.2 Å². The smallest absolute Gasteiger partial charge is 0.490 e. The van der Waals surface area contributed by atoms with Crippen LogP contribution >= 0.6 is 0 Å². The molecule has 216 valence electrons. The Morgan fingerprint density at radius 2 is 1.44 bits per heavy atom. The van der Waals surface area contributed by atoms with Gasteiger partial charge in [0.15, 0.2) is 0 Å². The van der Waals surface area contributed by atoms with Gasteiger partial charge in [-0.05, 0) is 55.0 Å². The molecule has 0 aliphatic carbocycles. The van der Waals surface area contributed by atoms with Gasteiger partial charge in [0.25, 0.3) is 0 Å². The van der Waals surface area contributed by atoms with Gasteiger partial charge in [-0.2, -0.15) is 26.3 Å². The third-order valence-corrected chi connectivity index (χ3v) is 6.20. The molecule has 0 amide bonds. The maximum atomic E-state index is 10.6. The standard InChI is InChI=1S/C20H26N4O.2C2HF3O2/c1-25-18-5-2-4-17(14-18)15-23-11-6-20(16-23)7-12-24(13-8-20)19-21-9-3-10-22-19;2*3-2(4,5)1(6)7/h2-5,9-10,14H,6-8,11-13,15-16H2,1H3;2*(H,6,7). The van der Waals surface area contributed by atoms with Gasteiger partial charge in [0.05, 0.1) is 7.11 Å². The molecule has 1 aromatic carbocycles. The van der Waals surface area contributed by atoms with Crippen molar-refractivity contribution in [3.05, 3.63) is 48.3 Å². The van der Waals surface area contributed by atoms with Crippen molar-refractivity contribution >= 4 is 17.9 Å². The van der Waals surface area contributed by atoms with Crippen LogP contribution in [0.25, 0.3) is 0 Å². The first-order valence-electron chi connectivity index (χ1n) is 11.6. The number of piperidine rings is 1. The number of anilines is 1. The van der Waals surface area contributed by atoms with Gasteiger partial charge in [-0.25, -0.2) is 19.6 Å². The van der Waals surface area contributed by atoms with E-state index in [-0.39, 0.29) is 0 Å². The van der Waals surface area contributed by atoms with Gasteiger partial charge in [-0.3, -0.25) is 4.90 Å². The van der Waals surface area contributed by atoms with Crippen molar-refractivity contribution in [2.75, 3.05) is 38.2 Å². The van der Waals surface area contributed by atoms with Gasteiger partial charge in [0, 0.05) is 38.6 Å². The SMILES string of the molecule is COc1cccc(CN2CCC3(CCN(c4ncccn4)CC3)C2)c1.O=C(O)C(F)(F)F.O=C(O)C(F)(F)F. The number of carbonyl (C=O) groups is 2. The molecule has 2 fully saturated rings. The summed E-state index contributed by atoms with van der Waals surface area (Å²) >= 11 is 0. The first-order valence-corrected chi connectivity index (χ1v) is 11.6. The second-order valence-electron chi connectivity index (χ2n) is 8.95. The summed E-state index contributed by atoms with van der Waals surface area (Å²) in [5.74, 6) is -3.69. The molecule has 1 aromatic heterocycles. The van der Waals surface area contributed by atoms with E-state index in [0.29, 0.717) is 5.41 Å². The molecule has 0 radical (unpaired) electrons. The van der Waals surface area contributed by atoms with Crippen LogP contribution in [0.3, 0.4) is 0 Å². The Hall–Kier alpha value is -3.62. The van der Waals surface area contributed by atoms with E-state index in [4.69, 9.17) is 24.5 Å². The Morgan fingerprint density at radius 3 is 1.92 bits per heavy atom. The van der Waals surface area contributed by atoms with Gasteiger partial charge in [-0.1, -0.05) is 12.1 Å². The first kappa shape index (κ1) is 31.6. The molecule has 39 heavy (non-hydrogen) atoms. The average molecular weight is 566 g/mol. The maximum Gasteiger partial charge on any atom is 0.490 e. The Kier molecular flexibility index (Phi) is 10.9. The third-order valence-electron chi connectivity index (χ3n) is 6.20. The van der Waals surface area contributed by atoms with E-state index < -0.39 is 24.3 Å². The molecule has 9 nitrogen and oxygen atoms in total. The molecule has 0 bridgehead atoms. The highest BCUT2D eigenvalue weighted by Gasteiger charge is 2.41. The molecule has 0 atom stereocenters. The zero-order valence-electron chi connectivity index (χ0n) is 20.9. The van der Waals surface area contributed by atoms with Crippen molar-refractivity contribution in [1.82, 2.24) is 14.9 Å². The number of rotatable bonds is 4. The largest absolute Gasteiger partial charge is 0.497 e. The number of aromatic nitrogens is 2. The summed E-state index contributed by atoms with van der Waals surface area (Å²) in [6, 6.07) is 10.3. The number of methoxy groups -OCH3 is 1. The number of carboxylic acid groups (broad SMARTS) is 2. The number of ether oxygens (including phenoxy) is 1. The summed E-state index contributed by atoms with van der Waals surface area (Å²) in [6.07, 6.45) is -2.73. The van der Waals surface area contributed by atoms with Gasteiger partial charge >= 0.3 is 24.3 Å². The van der Waals surface area contributed by atoms with E-state index in [0.717, 1.165) is 31.3 Å². The predicted octanol–water partition coefficient (Wildman–Crippen LogP) is 4.24. The van der Waals surface area contributed by atoms with Crippen molar-refractivity contribution < 1.29 is 50.9 Å². The Morgan fingerprint density at radius 1 is 0.923 bits per heavy atom. The first-order chi connectivity index (χ1) is 18.1. The Labute approximate surface area is 220 Å². The molecule has 0 unspecified atom stereocenters. The number of hydrogen-bond donors (Lipinski definition) is 2. The van der Waals surface area contributed by atoms with E-state index in [2.05, 4.69) is 38.0 Å². The van der Waals surface area contributed by atoms with Crippen LogP contribution in [-0.2, 0) is 16.1 Å². The quantitative estimate of drug-likeness (QED) is 0.524. The predicted molar refractivity (Wildman–Crippen MR) is 126 cm³/mol. The van der Waals surface area contributed by atoms with Gasteiger partial charge in [-0.15, -0.1) is 0 Å². The molecule has 2 aromatic rings. The van der Waals surface area contributed by atoms with Gasteiger partial charge in [0.2, 0.25) is 5.95 Å². The van der Waals surface area contributed by atoms with Crippen LogP contribution in [0.2, 0.25) is 0 Å². The second-order valence-corrected chi connectivity index (χ2v) is 8.95. The van der Waals surface area contributed by atoms with Crippen LogP contribution in [0.5, 0.6) is 5.75 Å². The number of nitrogens with zero attached hydrogens (tertiary/aromatic N) is 4. The molecular formula is C24H28F6N4O5. The van der Waals surface area contributed by atoms with E-state index in [1.165, 1.54) is 37.9 Å². The van der Waals surface area contributed by atoms with Crippen molar-refractivity contribution in [1.29, 1.82) is 0 Å². The maximum absolute atomic E-state index is 10.6. The number of hydrogen-bond acceptors (Lipinski definition) is 7. The molecule has 1 spiro atoms. The average Bonchev–Trinajstić information content (AvgIpc) is 3.26. The summed E-state index contributed by atoms with van der Waals surface area (Å²) in [6.45, 7) is 5.55. The zero-order chi connectivity index (χ0) is 29.3. The lowest BCUT2D eigenvalue weighted by atomic mass is 9.78. The van der Waals surface area contributed by atoms with Crippen molar-refractivity contribution in [3.63, 3.8) is 0 Å². The minimum absolute atomic E-state index is 0.476. The minimum atomic E-state index is -5.08. The summed E-state index contributed by atoms with van der Waals surface area (Å²) in [7, 11) is 1.73. The lowest BCUT2D eigenvalue weighted by Crippen LogP contribution is -2.42. The van der Waals surface area contributed by atoms with E-state index in [9.17, 15) is 26.3 Å². The van der Waals surface area contributed by atoms with Crippen LogP contribution in [-0.4, -0.2) is 82.7 Å². The molecule has 2 aliphatic heterocycles. The molecule has 2 aliphatic rings. The fourth-order valence-corrected chi connectivity index (χ4v) is 4.24. The summed E-state index contributed by atoms with van der Waals surface area (Å²) in [5.41, 5.74) is 1.82. The second kappa shape index (κ2) is 13.4. The third kappa shape index (κ3) is 10.2. The highest BCUT2D eigenvalue weighted by Crippen LogP contribution is 2.41. The number of aliphatic carboxylic acids is 2. The van der Waals surface area contributed by atoms with Crippen LogP contribution < -0.4 is 9.64 Å². The normalized spacial score (nSPS) is 16.9. The van der Waals surface area contributed by atoms with E-state index >= 15 is 0 Å². The van der Waals surface area contributed by atoms with Crippen LogP contribution in [0.15, 0.2) is 42.7 Å². The van der Waals surface area contributed by atoms with Crippen molar-refractivity contribution in [2.24, 2.45) is 5.41 Å². The van der Waals surface area contributed by atoms with Crippen LogP contribution in [0, 0.1) is 5.41 Å². The highest BCUT2D eigenvalue weighted by atomic mass is 19.4. The topological polar surface area (TPSA) is 116 Å². The summed E-state index contributed by atoms with van der Waals surface area (Å²) in [4.78, 5) is 31.5. The fraction of sp³-hybridized carbons (Fsp3) is 0.500. The number of likely N-dealkylation sites (tertiary alicyclic amines) is 1. The fourth-order valence-electron chi connectivity index (χ4n) is 4.24. The number of halogens is 6. The lowest BCUT2D eigenvalue weighted by molar-refractivity contribution is -0.193. The lowest BCUT2D eigenvalue weighted by Gasteiger charge is -2.39. The van der Waals surface area contributed by atoms with E-state index in [1.807, 2.05) is 24.5 Å². The van der Waals surface area contributed by atoms with Gasteiger partial charge < -0.3 is 19.8 Å². The summed E-state index contributed by atoms with van der Waals surface area (Å²) < 4.78 is 68.8. The number of alkyl halides is 6. The molecule has 0 saturated carbocycles. The van der Waals surface area contributed by atoms with Crippen molar-refractivity contribution in [3.8, 4) is 5.75 Å². The summed E-state index contributed by atoms with van der Waals surface area (Å²) in [5, 5.41) is 14.2. The minimum Gasteiger partial charge on any atom is -0.497 e. The Balaban J connectivity index is 0.000000317. The molecule has 4 rings (SSSR count). The molecule has 2 saturated heterocycles. The van der Waals surface area contributed by atoms with Crippen LogP contribution in [0.4, 0.5) is 32.3 Å². The number of benzene rings is 1. The highest BCUT2D eigenvalue weighted by molar-refractivity contribution is 5.73. The zero-order valence-corrected chi connectivity index (χ0v) is 20.9. The monoisotopic (exact) mass is 566 g/mol. The molecule has 15 heteroatoms.